The van der Waals surface area contributed by atoms with E-state index in [4.69, 9.17) is 5.73 Å². The lowest BCUT2D eigenvalue weighted by Crippen LogP contribution is -2.46. The van der Waals surface area contributed by atoms with Gasteiger partial charge in [-0.05, 0) is 53.5 Å². The van der Waals surface area contributed by atoms with Crippen molar-refractivity contribution in [3.63, 3.8) is 0 Å². The number of benzene rings is 1. The van der Waals surface area contributed by atoms with E-state index in [0.29, 0.717) is 16.2 Å². The van der Waals surface area contributed by atoms with Crippen LogP contribution in [0.4, 0.5) is 11.4 Å². The van der Waals surface area contributed by atoms with Crippen molar-refractivity contribution in [1.29, 1.82) is 0 Å². The van der Waals surface area contributed by atoms with E-state index in [1.165, 1.54) is 12.8 Å². The van der Waals surface area contributed by atoms with Crippen LogP contribution in [0.3, 0.4) is 0 Å². The van der Waals surface area contributed by atoms with Crippen molar-refractivity contribution in [3.8, 4) is 0 Å². The summed E-state index contributed by atoms with van der Waals surface area (Å²) in [6.45, 7) is 3.83. The number of hydrogen-bond donors (Lipinski definition) is 1. The number of hydrogen-bond acceptors (Lipinski definition) is 4. The Morgan fingerprint density at radius 3 is 2.85 bits per heavy atom. The van der Waals surface area contributed by atoms with Gasteiger partial charge in [-0.15, -0.1) is 0 Å². The van der Waals surface area contributed by atoms with Gasteiger partial charge in [0.25, 0.3) is 5.69 Å². The molecular weight excluding hydrogens is 369 g/mol. The fourth-order valence-electron chi connectivity index (χ4n) is 2.89. The Morgan fingerprint density at radius 2 is 2.30 bits per heavy atom. The highest BCUT2D eigenvalue weighted by Gasteiger charge is 2.27. The average Bonchev–Trinajstić information content (AvgIpc) is 2.46. The molecule has 0 radical (unpaired) electrons. The van der Waals surface area contributed by atoms with Crippen molar-refractivity contribution in [2.24, 2.45) is 11.7 Å². The topological polar surface area (TPSA) is 72.4 Å². The van der Waals surface area contributed by atoms with Crippen LogP contribution in [0.25, 0.3) is 0 Å². The fraction of sp³-hybridized carbons (Fsp3) is 0.571. The SMILES string of the molecule is CCC1CCN(c2ccc([N+](=O)[O-])c(I)c2)C(CN)C1. The molecule has 2 N–H and O–H groups in total. The molecule has 1 aliphatic heterocycles. The smallest absolute Gasteiger partial charge is 0.282 e. The third-order valence-corrected chi connectivity index (χ3v) is 5.00. The molecule has 2 atom stereocenters. The maximum atomic E-state index is 10.9. The van der Waals surface area contributed by atoms with Crippen LogP contribution in [-0.4, -0.2) is 24.1 Å². The molecule has 1 saturated heterocycles. The highest BCUT2D eigenvalue weighted by molar-refractivity contribution is 14.1. The highest BCUT2D eigenvalue weighted by atomic mass is 127. The molecule has 0 saturated carbocycles. The summed E-state index contributed by atoms with van der Waals surface area (Å²) in [6, 6.07) is 5.67. The summed E-state index contributed by atoms with van der Waals surface area (Å²) in [4.78, 5) is 12.8. The zero-order valence-electron chi connectivity index (χ0n) is 11.6. The predicted octanol–water partition coefficient (Wildman–Crippen LogP) is 3.15. The lowest BCUT2D eigenvalue weighted by molar-refractivity contribution is -0.385. The molecule has 0 aromatic heterocycles. The molecule has 5 nitrogen and oxygen atoms in total. The Kier molecular flexibility index (Phi) is 5.20. The number of nitrogens with zero attached hydrogens (tertiary/aromatic N) is 2. The lowest BCUT2D eigenvalue weighted by Gasteiger charge is -2.40. The molecule has 20 heavy (non-hydrogen) atoms. The second kappa shape index (κ2) is 6.71. The minimum atomic E-state index is -0.338. The monoisotopic (exact) mass is 389 g/mol. The molecule has 2 rings (SSSR count). The van der Waals surface area contributed by atoms with Crippen molar-refractivity contribution in [2.75, 3.05) is 18.0 Å². The largest absolute Gasteiger partial charge is 0.367 e. The number of rotatable bonds is 4. The van der Waals surface area contributed by atoms with Crippen LogP contribution in [0.2, 0.25) is 0 Å². The van der Waals surface area contributed by atoms with Gasteiger partial charge in [0.2, 0.25) is 0 Å². The first-order valence-corrected chi connectivity index (χ1v) is 8.05. The fourth-order valence-corrected chi connectivity index (χ4v) is 3.59. The van der Waals surface area contributed by atoms with E-state index >= 15 is 0 Å². The maximum Gasteiger partial charge on any atom is 0.282 e. The maximum absolute atomic E-state index is 10.9. The number of nitrogens with two attached hydrogens (primary N) is 1. The highest BCUT2D eigenvalue weighted by Crippen LogP contribution is 2.32. The molecule has 0 aliphatic carbocycles. The average molecular weight is 389 g/mol. The zero-order valence-corrected chi connectivity index (χ0v) is 13.7. The number of nitro groups is 1. The predicted molar refractivity (Wildman–Crippen MR) is 89.0 cm³/mol. The summed E-state index contributed by atoms with van der Waals surface area (Å²) in [5.41, 5.74) is 7.13. The Labute approximate surface area is 132 Å². The van der Waals surface area contributed by atoms with Crippen LogP contribution in [0, 0.1) is 19.6 Å². The molecular formula is C14H20IN3O2. The second-order valence-corrected chi connectivity index (χ2v) is 6.44. The molecule has 0 spiro atoms. The Balaban J connectivity index is 2.22. The molecule has 6 heteroatoms. The third kappa shape index (κ3) is 3.22. The summed E-state index contributed by atoms with van der Waals surface area (Å²) < 4.78 is 0.679. The molecule has 0 bridgehead atoms. The number of halogens is 1. The van der Waals surface area contributed by atoms with E-state index in [-0.39, 0.29) is 10.6 Å². The van der Waals surface area contributed by atoms with Gasteiger partial charge in [-0.1, -0.05) is 13.3 Å². The Bertz CT molecular complexity index is 495. The molecule has 1 heterocycles. The number of anilines is 1. The van der Waals surface area contributed by atoms with Crippen LogP contribution >= 0.6 is 22.6 Å². The van der Waals surface area contributed by atoms with E-state index in [1.807, 2.05) is 34.7 Å². The van der Waals surface area contributed by atoms with Crippen LogP contribution < -0.4 is 10.6 Å². The van der Waals surface area contributed by atoms with Crippen LogP contribution in [-0.2, 0) is 0 Å². The lowest BCUT2D eigenvalue weighted by atomic mass is 9.88. The van der Waals surface area contributed by atoms with Crippen molar-refractivity contribution in [3.05, 3.63) is 31.9 Å². The van der Waals surface area contributed by atoms with Gasteiger partial charge in [-0.3, -0.25) is 10.1 Å². The molecule has 1 aromatic carbocycles. The quantitative estimate of drug-likeness (QED) is 0.488. The van der Waals surface area contributed by atoms with E-state index in [1.54, 1.807) is 6.07 Å². The molecule has 1 aliphatic rings. The van der Waals surface area contributed by atoms with Crippen molar-refractivity contribution < 1.29 is 4.92 Å². The van der Waals surface area contributed by atoms with Crippen molar-refractivity contribution in [1.82, 2.24) is 0 Å². The Hall–Kier alpha value is -0.890. The van der Waals surface area contributed by atoms with Gasteiger partial charge in [0, 0.05) is 30.9 Å². The van der Waals surface area contributed by atoms with E-state index in [9.17, 15) is 10.1 Å². The summed E-state index contributed by atoms with van der Waals surface area (Å²) in [5, 5.41) is 10.9. The van der Waals surface area contributed by atoms with Crippen LogP contribution in [0.1, 0.15) is 26.2 Å². The standard InChI is InChI=1S/C14H20IN3O2/c1-2-10-5-6-17(12(7-10)9-16)11-3-4-14(18(19)20)13(15)8-11/h3-4,8,10,12H,2,5-7,9,16H2,1H3. The summed E-state index contributed by atoms with van der Waals surface area (Å²) >= 11 is 2.03. The first-order chi connectivity index (χ1) is 9.56. The van der Waals surface area contributed by atoms with Gasteiger partial charge in [0.15, 0.2) is 0 Å². The third-order valence-electron chi connectivity index (χ3n) is 4.13. The summed E-state index contributed by atoms with van der Waals surface area (Å²) in [5.74, 6) is 0.747. The van der Waals surface area contributed by atoms with Gasteiger partial charge in [-0.2, -0.15) is 0 Å². The minimum absolute atomic E-state index is 0.169. The second-order valence-electron chi connectivity index (χ2n) is 5.27. The molecule has 1 fully saturated rings. The van der Waals surface area contributed by atoms with Crippen LogP contribution in [0.5, 0.6) is 0 Å². The normalized spacial score (nSPS) is 22.9. The molecule has 110 valence electrons. The molecule has 1 aromatic rings. The first-order valence-electron chi connectivity index (χ1n) is 6.97. The van der Waals surface area contributed by atoms with Gasteiger partial charge < -0.3 is 10.6 Å². The van der Waals surface area contributed by atoms with Crippen molar-refractivity contribution in [2.45, 2.75) is 32.2 Å². The van der Waals surface area contributed by atoms with E-state index in [2.05, 4.69) is 11.8 Å². The number of nitro benzene ring substituents is 1. The van der Waals surface area contributed by atoms with Gasteiger partial charge in [-0.25, -0.2) is 0 Å². The summed E-state index contributed by atoms with van der Waals surface area (Å²) in [7, 11) is 0. The molecule has 2 unspecified atom stereocenters. The van der Waals surface area contributed by atoms with Gasteiger partial charge in [0.1, 0.15) is 0 Å². The Morgan fingerprint density at radius 1 is 1.55 bits per heavy atom. The number of piperidine rings is 1. The van der Waals surface area contributed by atoms with Crippen LogP contribution in [0.15, 0.2) is 18.2 Å². The molecule has 0 amide bonds. The first kappa shape index (κ1) is 15.5. The minimum Gasteiger partial charge on any atom is -0.367 e. The van der Waals surface area contributed by atoms with Crippen molar-refractivity contribution >= 4 is 34.0 Å². The summed E-state index contributed by atoms with van der Waals surface area (Å²) in [6.07, 6.45) is 3.48. The van der Waals surface area contributed by atoms with E-state index < -0.39 is 0 Å². The van der Waals surface area contributed by atoms with E-state index in [0.717, 1.165) is 24.6 Å². The van der Waals surface area contributed by atoms with Gasteiger partial charge in [0.05, 0.1) is 8.49 Å². The zero-order chi connectivity index (χ0) is 14.7. The van der Waals surface area contributed by atoms with Gasteiger partial charge >= 0.3 is 0 Å².